The van der Waals surface area contributed by atoms with E-state index >= 15 is 0 Å². The number of carbonyl (C=O) groups is 2. The number of hydrogen-bond acceptors (Lipinski definition) is 7. The van der Waals surface area contributed by atoms with E-state index in [9.17, 15) is 14.0 Å². The smallest absolute Gasteiger partial charge is 0.414 e. The number of amides is 2. The molecule has 2 heterocycles. The van der Waals surface area contributed by atoms with Crippen LogP contribution in [0.5, 0.6) is 0 Å². The average Bonchev–Trinajstić information content (AvgIpc) is 3.08. The van der Waals surface area contributed by atoms with E-state index in [4.69, 9.17) is 14.3 Å². The second-order valence-corrected chi connectivity index (χ2v) is 6.77. The number of anilines is 2. The lowest BCUT2D eigenvalue weighted by Gasteiger charge is -2.29. The highest BCUT2D eigenvalue weighted by atomic mass is 19.1. The second kappa shape index (κ2) is 9.57. The predicted molar refractivity (Wildman–Crippen MR) is 104 cm³/mol. The number of ether oxygens (including phenoxy) is 2. The van der Waals surface area contributed by atoms with Crippen molar-refractivity contribution in [1.29, 1.82) is 0 Å². The summed E-state index contributed by atoms with van der Waals surface area (Å²) >= 11 is 0. The molecule has 0 bridgehead atoms. The first-order chi connectivity index (χ1) is 14.0. The van der Waals surface area contributed by atoms with Crippen LogP contribution >= 0.6 is 0 Å². The summed E-state index contributed by atoms with van der Waals surface area (Å²) in [5, 5.41) is 2.61. The zero-order valence-corrected chi connectivity index (χ0v) is 16.4. The normalized spacial score (nSPS) is 19.1. The molecule has 158 valence electrons. The number of hydroxylamine groups is 1. The van der Waals surface area contributed by atoms with Crippen LogP contribution in [0, 0.1) is 5.82 Å². The Morgan fingerprint density at radius 2 is 2.24 bits per heavy atom. The molecule has 0 radical (unpaired) electrons. The zero-order chi connectivity index (χ0) is 20.8. The van der Waals surface area contributed by atoms with Crippen LogP contribution in [0.4, 0.5) is 20.6 Å². The second-order valence-electron chi connectivity index (χ2n) is 6.77. The van der Waals surface area contributed by atoms with Crippen LogP contribution in [-0.2, 0) is 19.1 Å². The third kappa shape index (κ3) is 5.36. The summed E-state index contributed by atoms with van der Waals surface area (Å²) in [5.41, 5.74) is 4.61. The van der Waals surface area contributed by atoms with Gasteiger partial charge in [0.05, 0.1) is 24.5 Å². The number of hydrogen-bond donors (Lipinski definition) is 2. The van der Waals surface area contributed by atoms with E-state index in [2.05, 4.69) is 10.8 Å². The number of cyclic esters (lactones) is 1. The van der Waals surface area contributed by atoms with E-state index in [1.54, 1.807) is 12.1 Å². The van der Waals surface area contributed by atoms with Crippen LogP contribution in [0.3, 0.4) is 0 Å². The van der Waals surface area contributed by atoms with Gasteiger partial charge in [-0.1, -0.05) is 0 Å². The molecule has 0 saturated carbocycles. The van der Waals surface area contributed by atoms with E-state index in [-0.39, 0.29) is 25.8 Å². The van der Waals surface area contributed by atoms with Crippen molar-refractivity contribution < 1.29 is 28.3 Å². The molecule has 1 aromatic rings. The van der Waals surface area contributed by atoms with Crippen molar-refractivity contribution in [3.05, 3.63) is 35.8 Å². The third-order valence-corrected chi connectivity index (χ3v) is 4.63. The number of benzene rings is 1. The molecule has 2 N–H and O–H groups in total. The quantitative estimate of drug-likeness (QED) is 0.383. The predicted octanol–water partition coefficient (Wildman–Crippen LogP) is 1.51. The fourth-order valence-corrected chi connectivity index (χ4v) is 3.18. The lowest BCUT2D eigenvalue weighted by atomic mass is 10.1. The van der Waals surface area contributed by atoms with Gasteiger partial charge >= 0.3 is 6.09 Å². The van der Waals surface area contributed by atoms with Crippen LogP contribution in [0.25, 0.3) is 0 Å². The van der Waals surface area contributed by atoms with Crippen LogP contribution < -0.4 is 20.6 Å². The molecule has 0 aromatic heterocycles. The van der Waals surface area contributed by atoms with Crippen LogP contribution in [-0.4, -0.2) is 58.2 Å². The van der Waals surface area contributed by atoms with Crippen molar-refractivity contribution in [2.45, 2.75) is 19.4 Å². The Morgan fingerprint density at radius 3 is 2.90 bits per heavy atom. The lowest BCUT2D eigenvalue weighted by molar-refractivity contribution is -0.119. The molecule has 3 rings (SSSR count). The summed E-state index contributed by atoms with van der Waals surface area (Å²) in [4.78, 5) is 31.5. The van der Waals surface area contributed by atoms with Gasteiger partial charge in [-0.2, -0.15) is 0 Å². The van der Waals surface area contributed by atoms with Crippen LogP contribution in [0.2, 0.25) is 0 Å². The monoisotopic (exact) mass is 408 g/mol. The van der Waals surface area contributed by atoms with Gasteiger partial charge in [0.15, 0.2) is 6.79 Å². The fourth-order valence-electron chi connectivity index (χ4n) is 3.18. The van der Waals surface area contributed by atoms with Crippen molar-refractivity contribution in [2.24, 2.45) is 0 Å². The van der Waals surface area contributed by atoms with Crippen molar-refractivity contribution in [3.63, 3.8) is 0 Å². The van der Waals surface area contributed by atoms with E-state index in [1.165, 1.54) is 25.0 Å². The Morgan fingerprint density at radius 1 is 1.41 bits per heavy atom. The Balaban J connectivity index is 1.61. The molecular formula is C19H25FN4O5. The fraction of sp³-hybridized carbons (Fsp3) is 0.474. The van der Waals surface area contributed by atoms with Crippen LogP contribution in [0.15, 0.2) is 30.0 Å². The summed E-state index contributed by atoms with van der Waals surface area (Å²) in [5.74, 6) is -0.616. The van der Waals surface area contributed by atoms with Crippen molar-refractivity contribution in [3.8, 4) is 0 Å². The van der Waals surface area contributed by atoms with Gasteiger partial charge in [-0.05, 0) is 24.3 Å². The molecule has 1 atom stereocenters. The molecule has 1 aromatic carbocycles. The molecule has 29 heavy (non-hydrogen) atoms. The minimum atomic E-state index is -0.555. The minimum absolute atomic E-state index is 0.141. The Hall–Kier alpha value is -2.85. The number of halogens is 1. The molecule has 0 aliphatic carbocycles. The molecule has 1 saturated heterocycles. The molecule has 2 aliphatic rings. The van der Waals surface area contributed by atoms with Gasteiger partial charge in [0, 0.05) is 39.2 Å². The van der Waals surface area contributed by atoms with Gasteiger partial charge in [-0.15, -0.1) is 0 Å². The Labute approximate surface area is 168 Å². The number of methoxy groups -OCH3 is 1. The summed E-state index contributed by atoms with van der Waals surface area (Å²) in [6, 6.07) is 4.68. The number of nitrogens with one attached hydrogen (secondary N) is 2. The Kier molecular flexibility index (Phi) is 6.89. The standard InChI is InChI=1S/C19H25FN4O5/c1-13(25)21-10-16-11-24(19(26)29-16)15-3-4-18(17(20)9-15)23-7-5-14(6-8-23)22-28-12-27-2/h3-5,9,16,22H,6-8,10-12H2,1-2H3,(H,21,25)/t16-/m0/s1. The highest BCUT2D eigenvalue weighted by Gasteiger charge is 2.33. The van der Waals surface area contributed by atoms with Crippen LogP contribution in [0.1, 0.15) is 13.3 Å². The van der Waals surface area contributed by atoms with E-state index < -0.39 is 18.0 Å². The Bertz CT molecular complexity index is 788. The van der Waals surface area contributed by atoms with Gasteiger partial charge in [-0.3, -0.25) is 15.2 Å². The number of carbonyl (C=O) groups excluding carboxylic acids is 2. The maximum atomic E-state index is 14.8. The SMILES string of the molecule is COCONC1=CCN(c2ccc(N3C[C@H](CNC(C)=O)OC3=O)cc2F)CC1. The molecule has 10 heteroatoms. The summed E-state index contributed by atoms with van der Waals surface area (Å²) in [6.45, 7) is 3.16. The lowest BCUT2D eigenvalue weighted by Crippen LogP contribution is -2.33. The van der Waals surface area contributed by atoms with E-state index in [0.717, 1.165) is 5.70 Å². The largest absolute Gasteiger partial charge is 0.442 e. The van der Waals surface area contributed by atoms with Gasteiger partial charge in [-0.25, -0.2) is 14.0 Å². The van der Waals surface area contributed by atoms with E-state index in [1.807, 2.05) is 11.0 Å². The highest BCUT2D eigenvalue weighted by molar-refractivity contribution is 5.90. The first kappa shape index (κ1) is 20.9. The molecule has 0 spiro atoms. The topological polar surface area (TPSA) is 92.4 Å². The summed E-state index contributed by atoms with van der Waals surface area (Å²) in [6.07, 6.45) is 1.58. The molecule has 2 aliphatic heterocycles. The van der Waals surface area contributed by atoms with Crippen molar-refractivity contribution >= 4 is 23.4 Å². The molecule has 0 unspecified atom stereocenters. The van der Waals surface area contributed by atoms with Gasteiger partial charge in [0.25, 0.3) is 0 Å². The van der Waals surface area contributed by atoms with Crippen molar-refractivity contribution in [1.82, 2.24) is 10.8 Å². The minimum Gasteiger partial charge on any atom is -0.442 e. The van der Waals surface area contributed by atoms with Gasteiger partial charge in [0.2, 0.25) is 5.91 Å². The van der Waals surface area contributed by atoms with Gasteiger partial charge in [0.1, 0.15) is 11.9 Å². The first-order valence-electron chi connectivity index (χ1n) is 9.30. The summed E-state index contributed by atoms with van der Waals surface area (Å²) in [7, 11) is 1.54. The van der Waals surface area contributed by atoms with Crippen molar-refractivity contribution in [2.75, 3.05) is 49.9 Å². The molecule has 2 amide bonds. The molecule has 9 nitrogen and oxygen atoms in total. The van der Waals surface area contributed by atoms with E-state index in [0.29, 0.717) is 30.9 Å². The number of rotatable bonds is 8. The zero-order valence-electron chi connectivity index (χ0n) is 16.4. The van der Waals surface area contributed by atoms with Gasteiger partial charge < -0.3 is 19.7 Å². The third-order valence-electron chi connectivity index (χ3n) is 4.63. The maximum Gasteiger partial charge on any atom is 0.414 e. The highest BCUT2D eigenvalue weighted by Crippen LogP contribution is 2.29. The molecular weight excluding hydrogens is 383 g/mol. The summed E-state index contributed by atoms with van der Waals surface area (Å²) < 4.78 is 24.8. The average molecular weight is 408 g/mol. The number of nitrogens with zero attached hydrogens (tertiary/aromatic N) is 2. The maximum absolute atomic E-state index is 14.8. The first-order valence-corrected chi connectivity index (χ1v) is 9.30. The molecule has 1 fully saturated rings.